The molecule has 1 saturated heterocycles. The number of fused-ring (bicyclic) bond motifs is 2. The van der Waals surface area contributed by atoms with Crippen molar-refractivity contribution in [2.75, 3.05) is 0 Å². The van der Waals surface area contributed by atoms with Crippen LogP contribution in [0.25, 0.3) is 0 Å². The van der Waals surface area contributed by atoms with Gasteiger partial charge in [-0.2, -0.15) is 0 Å². The monoisotopic (exact) mass is 168 g/mol. The Morgan fingerprint density at radius 1 is 1.33 bits per heavy atom. The lowest BCUT2D eigenvalue weighted by Crippen LogP contribution is -2.30. The molecule has 0 aromatic rings. The molecule has 0 radical (unpaired) electrons. The lowest BCUT2D eigenvalue weighted by Gasteiger charge is -2.15. The van der Waals surface area contributed by atoms with Gasteiger partial charge in [0.25, 0.3) is 0 Å². The number of rotatable bonds is 0. The minimum Gasteiger partial charge on any atom is -0.390 e. The van der Waals surface area contributed by atoms with Crippen LogP contribution in [0.5, 0.6) is 0 Å². The van der Waals surface area contributed by atoms with E-state index in [2.05, 4.69) is 20.8 Å². The molecule has 2 aliphatic carbocycles. The second-order valence-electron chi connectivity index (χ2n) is 5.50. The van der Waals surface area contributed by atoms with Gasteiger partial charge in [-0.05, 0) is 30.6 Å². The van der Waals surface area contributed by atoms with Gasteiger partial charge >= 0.3 is 0 Å². The number of hydrogen-bond donors (Lipinski definition) is 1. The average molecular weight is 168 g/mol. The summed E-state index contributed by atoms with van der Waals surface area (Å²) in [4.78, 5) is 0. The van der Waals surface area contributed by atoms with Gasteiger partial charge in [0.1, 0.15) is 6.10 Å². The fourth-order valence-corrected chi connectivity index (χ4v) is 3.33. The molecule has 0 aromatic heterocycles. The van der Waals surface area contributed by atoms with Crippen LogP contribution in [0.1, 0.15) is 27.2 Å². The van der Waals surface area contributed by atoms with Gasteiger partial charge in [-0.1, -0.05) is 13.8 Å². The summed E-state index contributed by atoms with van der Waals surface area (Å²) >= 11 is 0. The summed E-state index contributed by atoms with van der Waals surface area (Å²) in [5.41, 5.74) is 0.410. The van der Waals surface area contributed by atoms with Crippen LogP contribution in [-0.4, -0.2) is 22.9 Å². The summed E-state index contributed by atoms with van der Waals surface area (Å²) < 4.78 is 5.52. The fourth-order valence-electron chi connectivity index (χ4n) is 3.33. The van der Waals surface area contributed by atoms with Crippen molar-refractivity contribution in [2.24, 2.45) is 17.3 Å². The molecule has 5 atom stereocenters. The van der Waals surface area contributed by atoms with E-state index in [-0.39, 0.29) is 17.8 Å². The summed E-state index contributed by atoms with van der Waals surface area (Å²) in [6.45, 7) is 6.66. The first-order valence-corrected chi connectivity index (χ1v) is 4.83. The summed E-state index contributed by atoms with van der Waals surface area (Å²) in [5, 5.41) is 9.91. The molecule has 0 amide bonds. The molecule has 68 valence electrons. The Hall–Kier alpha value is -0.0800. The maximum absolute atomic E-state index is 9.91. The quantitative estimate of drug-likeness (QED) is 0.551. The fraction of sp³-hybridized carbons (Fsp3) is 1.00. The van der Waals surface area contributed by atoms with E-state index in [1.165, 1.54) is 0 Å². The van der Waals surface area contributed by atoms with Gasteiger partial charge in [-0.15, -0.1) is 0 Å². The van der Waals surface area contributed by atoms with Gasteiger partial charge in [0, 0.05) is 0 Å². The van der Waals surface area contributed by atoms with Crippen LogP contribution in [-0.2, 0) is 4.74 Å². The van der Waals surface area contributed by atoms with E-state index in [0.717, 1.165) is 6.42 Å². The topological polar surface area (TPSA) is 32.8 Å². The predicted molar refractivity (Wildman–Crippen MR) is 44.7 cm³/mol. The third-order valence-electron chi connectivity index (χ3n) is 4.38. The molecule has 0 spiro atoms. The van der Waals surface area contributed by atoms with Crippen LogP contribution in [0, 0.1) is 17.3 Å². The molecule has 3 aliphatic rings. The van der Waals surface area contributed by atoms with Crippen molar-refractivity contribution in [3.8, 4) is 0 Å². The molecule has 3 rings (SSSR count). The summed E-state index contributed by atoms with van der Waals surface area (Å²) in [7, 11) is 0. The molecular formula is C10H16O2. The maximum Gasteiger partial charge on any atom is 0.113 e. The number of aliphatic hydroxyl groups excluding tert-OH is 1. The lowest BCUT2D eigenvalue weighted by atomic mass is 9.89. The Balaban J connectivity index is 1.90. The zero-order valence-corrected chi connectivity index (χ0v) is 7.87. The van der Waals surface area contributed by atoms with Crippen LogP contribution in [0.3, 0.4) is 0 Å². The number of ether oxygens (including phenoxy) is 1. The highest BCUT2D eigenvalue weighted by Crippen LogP contribution is 2.70. The largest absolute Gasteiger partial charge is 0.390 e. The SMILES string of the molecule is CC12CC3C(C(O)C1O2)C3(C)C. The number of epoxide rings is 1. The summed E-state index contributed by atoms with van der Waals surface area (Å²) in [6, 6.07) is 0. The van der Waals surface area contributed by atoms with Crippen molar-refractivity contribution in [2.45, 2.75) is 45.0 Å². The standard InChI is InChI=1S/C10H16O2/c1-9(2)5-4-10(3)8(12-10)7(11)6(5)9/h5-8,11H,4H2,1-3H3. The molecule has 1 aliphatic heterocycles. The van der Waals surface area contributed by atoms with E-state index in [1.54, 1.807) is 0 Å². The molecule has 1 heterocycles. The van der Waals surface area contributed by atoms with Gasteiger partial charge in [0.05, 0.1) is 11.7 Å². The molecule has 1 N–H and O–H groups in total. The third kappa shape index (κ3) is 0.612. The summed E-state index contributed by atoms with van der Waals surface area (Å²) in [5.74, 6) is 1.22. The maximum atomic E-state index is 9.91. The van der Waals surface area contributed by atoms with Gasteiger partial charge in [-0.3, -0.25) is 0 Å². The highest BCUT2D eigenvalue weighted by atomic mass is 16.6. The van der Waals surface area contributed by atoms with Crippen LogP contribution in [0.2, 0.25) is 0 Å². The van der Waals surface area contributed by atoms with E-state index in [0.29, 0.717) is 17.3 Å². The first-order chi connectivity index (χ1) is 5.47. The van der Waals surface area contributed by atoms with Crippen molar-refractivity contribution in [1.29, 1.82) is 0 Å². The molecule has 0 aromatic carbocycles. The van der Waals surface area contributed by atoms with E-state index in [4.69, 9.17) is 4.74 Å². The smallest absolute Gasteiger partial charge is 0.113 e. The Morgan fingerprint density at radius 2 is 2.00 bits per heavy atom. The third-order valence-corrected chi connectivity index (χ3v) is 4.38. The Kier molecular flexibility index (Phi) is 0.978. The first-order valence-electron chi connectivity index (χ1n) is 4.83. The molecule has 0 bridgehead atoms. The van der Waals surface area contributed by atoms with Gasteiger partial charge in [-0.25, -0.2) is 0 Å². The second-order valence-corrected chi connectivity index (χ2v) is 5.50. The molecule has 2 heteroatoms. The Bertz CT molecular complexity index is 246. The molecule has 5 unspecified atom stereocenters. The molecule has 3 fully saturated rings. The second kappa shape index (κ2) is 1.60. The van der Waals surface area contributed by atoms with E-state index >= 15 is 0 Å². The summed E-state index contributed by atoms with van der Waals surface area (Å²) in [6.07, 6.45) is 1.12. The van der Waals surface area contributed by atoms with Gasteiger partial charge < -0.3 is 9.84 Å². The Morgan fingerprint density at radius 3 is 2.67 bits per heavy atom. The van der Waals surface area contributed by atoms with Gasteiger partial charge in [0.2, 0.25) is 0 Å². The molecule has 2 saturated carbocycles. The minimum absolute atomic E-state index is 0.0361. The van der Waals surface area contributed by atoms with Crippen molar-refractivity contribution in [1.82, 2.24) is 0 Å². The number of aliphatic hydroxyl groups is 1. The van der Waals surface area contributed by atoms with Crippen molar-refractivity contribution >= 4 is 0 Å². The van der Waals surface area contributed by atoms with E-state index in [1.807, 2.05) is 0 Å². The van der Waals surface area contributed by atoms with E-state index in [9.17, 15) is 5.11 Å². The van der Waals surface area contributed by atoms with Crippen LogP contribution >= 0.6 is 0 Å². The van der Waals surface area contributed by atoms with E-state index < -0.39 is 0 Å². The highest BCUT2D eigenvalue weighted by molar-refractivity contribution is 5.22. The van der Waals surface area contributed by atoms with Crippen molar-refractivity contribution in [3.05, 3.63) is 0 Å². The zero-order valence-electron chi connectivity index (χ0n) is 7.87. The molecule has 2 nitrogen and oxygen atoms in total. The minimum atomic E-state index is -0.191. The molecule has 12 heavy (non-hydrogen) atoms. The first kappa shape index (κ1) is 7.34. The van der Waals surface area contributed by atoms with Crippen molar-refractivity contribution < 1.29 is 9.84 Å². The van der Waals surface area contributed by atoms with Crippen LogP contribution in [0.15, 0.2) is 0 Å². The zero-order chi connectivity index (χ0) is 8.72. The molecular weight excluding hydrogens is 152 g/mol. The van der Waals surface area contributed by atoms with Crippen LogP contribution < -0.4 is 0 Å². The number of hydrogen-bond acceptors (Lipinski definition) is 2. The Labute approximate surface area is 72.9 Å². The predicted octanol–water partition coefficient (Wildman–Crippen LogP) is 1.18. The highest BCUT2D eigenvalue weighted by Gasteiger charge is 2.75. The van der Waals surface area contributed by atoms with Crippen LogP contribution in [0.4, 0.5) is 0 Å². The normalized spacial score (nSPS) is 65.0. The van der Waals surface area contributed by atoms with Crippen molar-refractivity contribution in [3.63, 3.8) is 0 Å². The lowest BCUT2D eigenvalue weighted by molar-refractivity contribution is 0.0986. The van der Waals surface area contributed by atoms with Gasteiger partial charge in [0.15, 0.2) is 0 Å². The average Bonchev–Trinajstić information content (AvgIpc) is 2.73.